The third kappa shape index (κ3) is 4.91. The Morgan fingerprint density at radius 3 is 2.68 bits per heavy atom. The Kier molecular flexibility index (Phi) is 6.25. The first-order chi connectivity index (χ1) is 12.2. The van der Waals surface area contributed by atoms with E-state index in [1.165, 1.54) is 13.3 Å². The summed E-state index contributed by atoms with van der Waals surface area (Å²) in [6, 6.07) is 15.3. The lowest BCUT2D eigenvalue weighted by Gasteiger charge is -2.06. The molecule has 126 valence electrons. The van der Waals surface area contributed by atoms with Crippen molar-refractivity contribution in [3.8, 4) is 11.8 Å². The summed E-state index contributed by atoms with van der Waals surface area (Å²) < 4.78 is 9.97. The van der Waals surface area contributed by atoms with E-state index < -0.39 is 11.9 Å². The number of ether oxygens (including phenoxy) is 2. The third-order valence-corrected chi connectivity index (χ3v) is 3.13. The van der Waals surface area contributed by atoms with Crippen LogP contribution in [-0.2, 0) is 9.53 Å². The molecule has 0 heterocycles. The van der Waals surface area contributed by atoms with Crippen LogP contribution in [0.3, 0.4) is 0 Å². The maximum Gasteiger partial charge on any atom is 0.338 e. The van der Waals surface area contributed by atoms with Crippen molar-refractivity contribution in [2.75, 3.05) is 13.7 Å². The molecule has 0 aromatic heterocycles. The molecule has 0 fully saturated rings. The van der Waals surface area contributed by atoms with Gasteiger partial charge in [0.2, 0.25) is 0 Å². The molecule has 1 amide bonds. The fourth-order valence-corrected chi connectivity index (χ4v) is 1.94. The average Bonchev–Trinajstić information content (AvgIpc) is 2.66. The molecule has 2 aromatic rings. The van der Waals surface area contributed by atoms with E-state index in [-0.39, 0.29) is 6.61 Å². The molecule has 0 saturated carbocycles. The molecule has 0 spiro atoms. The number of carbonyl (C=O) groups is 2. The van der Waals surface area contributed by atoms with Gasteiger partial charge < -0.3 is 9.47 Å². The molecule has 7 nitrogen and oxygen atoms in total. The average molecular weight is 337 g/mol. The predicted octanol–water partition coefficient (Wildman–Crippen LogP) is 1.87. The SMILES string of the molecule is COC(=O)c1ccccc1/C=N\NC(=O)COc1ccccc1C#N. The summed E-state index contributed by atoms with van der Waals surface area (Å²) in [6.45, 7) is -0.297. The van der Waals surface area contributed by atoms with Gasteiger partial charge in [-0.25, -0.2) is 10.2 Å². The summed E-state index contributed by atoms with van der Waals surface area (Å²) in [5, 5.41) is 12.7. The van der Waals surface area contributed by atoms with E-state index >= 15 is 0 Å². The molecule has 25 heavy (non-hydrogen) atoms. The van der Waals surface area contributed by atoms with E-state index in [1.807, 2.05) is 6.07 Å². The van der Waals surface area contributed by atoms with Crippen LogP contribution in [0.4, 0.5) is 0 Å². The molecule has 0 aliphatic heterocycles. The molecule has 0 unspecified atom stereocenters. The van der Waals surface area contributed by atoms with E-state index in [4.69, 9.17) is 10.00 Å². The van der Waals surface area contributed by atoms with Gasteiger partial charge in [0, 0.05) is 5.56 Å². The van der Waals surface area contributed by atoms with Gasteiger partial charge in [-0.15, -0.1) is 0 Å². The van der Waals surface area contributed by atoms with Gasteiger partial charge in [0.15, 0.2) is 6.61 Å². The Bertz CT molecular complexity index is 840. The van der Waals surface area contributed by atoms with Gasteiger partial charge in [-0.3, -0.25) is 4.79 Å². The number of nitriles is 1. The smallest absolute Gasteiger partial charge is 0.338 e. The zero-order chi connectivity index (χ0) is 18.1. The van der Waals surface area contributed by atoms with Crippen LogP contribution in [0.15, 0.2) is 53.6 Å². The minimum atomic E-state index is -0.500. The van der Waals surface area contributed by atoms with Crippen molar-refractivity contribution >= 4 is 18.1 Å². The monoisotopic (exact) mass is 337 g/mol. The van der Waals surface area contributed by atoms with Gasteiger partial charge in [0.05, 0.1) is 24.5 Å². The van der Waals surface area contributed by atoms with Gasteiger partial charge in [-0.1, -0.05) is 30.3 Å². The van der Waals surface area contributed by atoms with E-state index in [9.17, 15) is 9.59 Å². The molecule has 0 bridgehead atoms. The first-order valence-corrected chi connectivity index (χ1v) is 7.27. The van der Waals surface area contributed by atoms with Gasteiger partial charge in [-0.2, -0.15) is 10.4 Å². The zero-order valence-electron chi connectivity index (χ0n) is 13.4. The van der Waals surface area contributed by atoms with Gasteiger partial charge >= 0.3 is 5.97 Å². The van der Waals surface area contributed by atoms with Crippen molar-refractivity contribution in [3.05, 3.63) is 65.2 Å². The van der Waals surface area contributed by atoms with Crippen molar-refractivity contribution in [2.24, 2.45) is 5.10 Å². The largest absolute Gasteiger partial charge is 0.482 e. The number of hydrogen-bond donors (Lipinski definition) is 1. The summed E-state index contributed by atoms with van der Waals surface area (Å²) in [7, 11) is 1.29. The predicted molar refractivity (Wildman–Crippen MR) is 90.2 cm³/mol. The Hall–Kier alpha value is -3.66. The Balaban J connectivity index is 1.93. The van der Waals surface area contributed by atoms with Crippen LogP contribution in [0.2, 0.25) is 0 Å². The second-order valence-electron chi connectivity index (χ2n) is 4.77. The van der Waals surface area contributed by atoms with E-state index in [0.29, 0.717) is 22.4 Å². The number of amides is 1. The van der Waals surface area contributed by atoms with E-state index in [1.54, 1.807) is 48.5 Å². The standard InChI is InChI=1S/C18H15N3O4/c1-24-18(23)15-8-4-2-7-14(15)11-20-21-17(22)12-25-16-9-5-3-6-13(16)10-19/h2-9,11H,12H2,1H3,(H,21,22)/b20-11-. The maximum atomic E-state index is 11.8. The lowest BCUT2D eigenvalue weighted by Crippen LogP contribution is -2.24. The lowest BCUT2D eigenvalue weighted by molar-refractivity contribution is -0.123. The van der Waals surface area contributed by atoms with Crippen molar-refractivity contribution in [3.63, 3.8) is 0 Å². The van der Waals surface area contributed by atoms with Crippen molar-refractivity contribution in [2.45, 2.75) is 0 Å². The highest BCUT2D eigenvalue weighted by Crippen LogP contribution is 2.16. The molecular formula is C18H15N3O4. The Morgan fingerprint density at radius 1 is 1.20 bits per heavy atom. The summed E-state index contributed by atoms with van der Waals surface area (Å²) in [5.74, 6) is -0.676. The summed E-state index contributed by atoms with van der Waals surface area (Å²) >= 11 is 0. The van der Waals surface area contributed by atoms with Crippen LogP contribution in [0, 0.1) is 11.3 Å². The molecule has 0 aliphatic carbocycles. The molecule has 0 aliphatic rings. The molecule has 1 N–H and O–H groups in total. The summed E-state index contributed by atoms with van der Waals surface area (Å²) in [6.07, 6.45) is 1.34. The Labute approximate surface area is 144 Å². The van der Waals surface area contributed by atoms with Crippen LogP contribution in [-0.4, -0.2) is 31.8 Å². The number of nitrogens with one attached hydrogen (secondary N) is 1. The molecule has 0 atom stereocenters. The molecule has 0 saturated heterocycles. The second-order valence-corrected chi connectivity index (χ2v) is 4.77. The second kappa shape index (κ2) is 8.84. The van der Waals surface area contributed by atoms with Crippen molar-refractivity contribution in [1.29, 1.82) is 5.26 Å². The third-order valence-electron chi connectivity index (χ3n) is 3.13. The number of carbonyl (C=O) groups excluding carboxylic acids is 2. The summed E-state index contributed by atoms with van der Waals surface area (Å²) in [4.78, 5) is 23.4. The maximum absolute atomic E-state index is 11.8. The van der Waals surface area contributed by atoms with Gasteiger partial charge in [0.1, 0.15) is 11.8 Å². The molecule has 0 radical (unpaired) electrons. The number of methoxy groups -OCH3 is 1. The molecule has 2 aromatic carbocycles. The number of rotatable bonds is 6. The number of benzene rings is 2. The fourth-order valence-electron chi connectivity index (χ4n) is 1.94. The van der Waals surface area contributed by atoms with Gasteiger partial charge in [-0.05, 0) is 18.2 Å². The fraction of sp³-hybridized carbons (Fsp3) is 0.111. The van der Waals surface area contributed by atoms with Crippen LogP contribution in [0.25, 0.3) is 0 Å². The van der Waals surface area contributed by atoms with Crippen LogP contribution in [0.1, 0.15) is 21.5 Å². The van der Waals surface area contributed by atoms with E-state index in [2.05, 4.69) is 15.3 Å². The van der Waals surface area contributed by atoms with Gasteiger partial charge in [0.25, 0.3) is 5.91 Å². The van der Waals surface area contributed by atoms with Crippen molar-refractivity contribution < 1.29 is 19.1 Å². The van der Waals surface area contributed by atoms with Crippen LogP contribution >= 0.6 is 0 Å². The topological polar surface area (TPSA) is 101 Å². The zero-order valence-corrected chi connectivity index (χ0v) is 13.4. The van der Waals surface area contributed by atoms with Crippen molar-refractivity contribution in [1.82, 2.24) is 5.43 Å². The number of para-hydroxylation sites is 1. The quantitative estimate of drug-likeness (QED) is 0.493. The van der Waals surface area contributed by atoms with Crippen LogP contribution < -0.4 is 10.2 Å². The number of esters is 1. The molecule has 2 rings (SSSR count). The summed E-state index contributed by atoms with van der Waals surface area (Å²) in [5.41, 5.74) is 3.47. The number of nitrogens with zero attached hydrogens (tertiary/aromatic N) is 2. The Morgan fingerprint density at radius 2 is 1.92 bits per heavy atom. The highest BCUT2D eigenvalue weighted by molar-refractivity contribution is 5.99. The first kappa shape index (κ1) is 17.7. The lowest BCUT2D eigenvalue weighted by atomic mass is 10.1. The first-order valence-electron chi connectivity index (χ1n) is 7.27. The highest BCUT2D eigenvalue weighted by atomic mass is 16.5. The minimum absolute atomic E-state index is 0.297. The molecular weight excluding hydrogens is 322 g/mol. The van der Waals surface area contributed by atoms with Crippen LogP contribution in [0.5, 0.6) is 5.75 Å². The molecule has 7 heteroatoms. The number of hydrazone groups is 1. The highest BCUT2D eigenvalue weighted by Gasteiger charge is 2.09. The number of hydrogen-bond acceptors (Lipinski definition) is 6. The minimum Gasteiger partial charge on any atom is -0.482 e. The normalized spacial score (nSPS) is 10.1. The van der Waals surface area contributed by atoms with E-state index in [0.717, 1.165) is 0 Å².